The number of hydrogen-bond donors (Lipinski definition) is 1. The van der Waals surface area contributed by atoms with Crippen LogP contribution in [0.5, 0.6) is 0 Å². The van der Waals surface area contributed by atoms with Crippen LogP contribution in [0.3, 0.4) is 0 Å². The molecule has 1 N–H and O–H groups in total. The van der Waals surface area contributed by atoms with E-state index in [1.807, 2.05) is 13.0 Å². The molecule has 1 aromatic carbocycles. The third-order valence-corrected chi connectivity index (χ3v) is 3.24. The molecule has 3 rings (SSSR count). The van der Waals surface area contributed by atoms with Gasteiger partial charge in [-0.25, -0.2) is 9.37 Å². The molecule has 4 heteroatoms. The molecule has 94 valence electrons. The molecule has 0 aliphatic carbocycles. The van der Waals surface area contributed by atoms with Crippen LogP contribution >= 0.6 is 0 Å². The summed E-state index contributed by atoms with van der Waals surface area (Å²) < 4.78 is 19.3. The molecule has 0 saturated heterocycles. The molecule has 0 spiro atoms. The van der Waals surface area contributed by atoms with Crippen molar-refractivity contribution in [2.75, 3.05) is 18.5 Å². The van der Waals surface area contributed by atoms with Gasteiger partial charge in [-0.15, -0.1) is 0 Å². The molecule has 0 radical (unpaired) electrons. The molecule has 0 atom stereocenters. The number of para-hydroxylation sites is 1. The highest BCUT2D eigenvalue weighted by molar-refractivity contribution is 5.93. The Kier molecular flexibility index (Phi) is 2.88. The number of pyridine rings is 1. The van der Waals surface area contributed by atoms with Crippen LogP contribution in [-0.2, 0) is 17.8 Å². The predicted molar refractivity (Wildman–Crippen MR) is 69.2 cm³/mol. The molecule has 0 amide bonds. The Morgan fingerprint density at radius 3 is 3.17 bits per heavy atom. The fraction of sp³-hybridized carbons (Fsp3) is 0.357. The molecule has 0 unspecified atom stereocenters. The standard InChI is InChI=1S/C14H15FN2O/c1-2-16-13-9-4-3-5-11(15)14(9)17-12-6-7-18-8-10(12)13/h3-5H,2,6-8H2,1H3,(H,16,17). The maximum Gasteiger partial charge on any atom is 0.149 e. The highest BCUT2D eigenvalue weighted by Crippen LogP contribution is 2.32. The summed E-state index contributed by atoms with van der Waals surface area (Å²) in [7, 11) is 0. The van der Waals surface area contributed by atoms with E-state index in [-0.39, 0.29) is 5.82 Å². The third kappa shape index (κ3) is 1.73. The van der Waals surface area contributed by atoms with Gasteiger partial charge < -0.3 is 10.1 Å². The van der Waals surface area contributed by atoms with E-state index in [9.17, 15) is 4.39 Å². The molecule has 3 nitrogen and oxygen atoms in total. The Hall–Kier alpha value is -1.68. The van der Waals surface area contributed by atoms with Gasteiger partial charge in [-0.05, 0) is 13.0 Å². The summed E-state index contributed by atoms with van der Waals surface area (Å²) in [6.45, 7) is 4.03. The molecular weight excluding hydrogens is 231 g/mol. The average molecular weight is 246 g/mol. The van der Waals surface area contributed by atoms with Crippen LogP contribution in [0.25, 0.3) is 10.9 Å². The van der Waals surface area contributed by atoms with Crippen LogP contribution in [-0.4, -0.2) is 18.1 Å². The Bertz CT molecular complexity index is 598. The van der Waals surface area contributed by atoms with E-state index in [2.05, 4.69) is 10.3 Å². The Morgan fingerprint density at radius 1 is 1.44 bits per heavy atom. The molecule has 0 bridgehead atoms. The Morgan fingerprint density at radius 2 is 2.33 bits per heavy atom. The zero-order valence-corrected chi connectivity index (χ0v) is 10.3. The molecule has 2 heterocycles. The minimum atomic E-state index is -0.263. The van der Waals surface area contributed by atoms with Crippen LogP contribution in [0.2, 0.25) is 0 Å². The predicted octanol–water partition coefficient (Wildman–Crippen LogP) is 2.88. The number of fused-ring (bicyclic) bond motifs is 2. The van der Waals surface area contributed by atoms with Gasteiger partial charge in [-0.2, -0.15) is 0 Å². The molecule has 0 fully saturated rings. The largest absolute Gasteiger partial charge is 0.384 e. The highest BCUT2D eigenvalue weighted by Gasteiger charge is 2.19. The van der Waals surface area contributed by atoms with Gasteiger partial charge in [0.2, 0.25) is 0 Å². The minimum absolute atomic E-state index is 0.263. The molecule has 0 saturated carbocycles. The van der Waals surface area contributed by atoms with Crippen molar-refractivity contribution in [3.05, 3.63) is 35.3 Å². The van der Waals surface area contributed by atoms with Crippen molar-refractivity contribution in [1.29, 1.82) is 0 Å². The summed E-state index contributed by atoms with van der Waals surface area (Å²) in [4.78, 5) is 4.46. The minimum Gasteiger partial charge on any atom is -0.384 e. The summed E-state index contributed by atoms with van der Waals surface area (Å²) in [5, 5.41) is 4.15. The number of hydrogen-bond acceptors (Lipinski definition) is 3. The number of benzene rings is 1. The maximum absolute atomic E-state index is 13.9. The monoisotopic (exact) mass is 246 g/mol. The second-order valence-electron chi connectivity index (χ2n) is 4.38. The fourth-order valence-corrected chi connectivity index (χ4v) is 2.42. The SMILES string of the molecule is CCNc1c2c(nc3c(F)cccc13)CCOC2. The number of ether oxygens (including phenoxy) is 1. The number of nitrogens with zero attached hydrogens (tertiary/aromatic N) is 1. The summed E-state index contributed by atoms with van der Waals surface area (Å²) in [6.07, 6.45) is 0.748. The summed E-state index contributed by atoms with van der Waals surface area (Å²) in [6, 6.07) is 5.07. The number of rotatable bonds is 2. The lowest BCUT2D eigenvalue weighted by molar-refractivity contribution is 0.110. The Labute approximate surface area is 105 Å². The normalized spacial score (nSPS) is 14.6. The van der Waals surface area contributed by atoms with Gasteiger partial charge in [-0.3, -0.25) is 0 Å². The number of halogens is 1. The van der Waals surface area contributed by atoms with Gasteiger partial charge in [0.15, 0.2) is 0 Å². The quantitative estimate of drug-likeness (QED) is 0.884. The van der Waals surface area contributed by atoms with Gasteiger partial charge in [0.1, 0.15) is 11.3 Å². The topological polar surface area (TPSA) is 34.2 Å². The first kappa shape index (κ1) is 11.4. The van der Waals surface area contributed by atoms with Gasteiger partial charge in [0.25, 0.3) is 0 Å². The first-order valence-electron chi connectivity index (χ1n) is 6.23. The van der Waals surface area contributed by atoms with Gasteiger partial charge in [0, 0.05) is 23.9 Å². The molecule has 1 aliphatic rings. The van der Waals surface area contributed by atoms with Crippen molar-refractivity contribution in [2.24, 2.45) is 0 Å². The molecule has 18 heavy (non-hydrogen) atoms. The van der Waals surface area contributed by atoms with Crippen molar-refractivity contribution in [1.82, 2.24) is 4.98 Å². The van der Waals surface area contributed by atoms with Gasteiger partial charge >= 0.3 is 0 Å². The van der Waals surface area contributed by atoms with E-state index < -0.39 is 0 Å². The highest BCUT2D eigenvalue weighted by atomic mass is 19.1. The lowest BCUT2D eigenvalue weighted by atomic mass is 10.0. The molecular formula is C14H15FN2O. The Balaban J connectivity index is 2.33. The molecule has 2 aromatic rings. The number of anilines is 1. The van der Waals surface area contributed by atoms with Crippen LogP contribution in [0.1, 0.15) is 18.2 Å². The summed E-state index contributed by atoms with van der Waals surface area (Å²) >= 11 is 0. The third-order valence-electron chi connectivity index (χ3n) is 3.24. The van der Waals surface area contributed by atoms with E-state index in [1.165, 1.54) is 6.07 Å². The second kappa shape index (κ2) is 4.53. The van der Waals surface area contributed by atoms with E-state index in [4.69, 9.17) is 4.74 Å². The first-order valence-corrected chi connectivity index (χ1v) is 6.23. The van der Waals surface area contributed by atoms with E-state index in [0.717, 1.165) is 35.3 Å². The number of aromatic nitrogens is 1. The zero-order chi connectivity index (χ0) is 12.5. The smallest absolute Gasteiger partial charge is 0.149 e. The molecule has 1 aromatic heterocycles. The van der Waals surface area contributed by atoms with Crippen LogP contribution in [0, 0.1) is 5.82 Å². The van der Waals surface area contributed by atoms with E-state index in [1.54, 1.807) is 6.07 Å². The van der Waals surface area contributed by atoms with Crippen LogP contribution < -0.4 is 5.32 Å². The number of nitrogens with one attached hydrogen (secondary N) is 1. The summed E-state index contributed by atoms with van der Waals surface area (Å²) in [5.41, 5.74) is 3.45. The second-order valence-corrected chi connectivity index (χ2v) is 4.38. The van der Waals surface area contributed by atoms with E-state index in [0.29, 0.717) is 18.7 Å². The van der Waals surface area contributed by atoms with Crippen molar-refractivity contribution < 1.29 is 9.13 Å². The van der Waals surface area contributed by atoms with Crippen molar-refractivity contribution in [3.8, 4) is 0 Å². The van der Waals surface area contributed by atoms with Crippen LogP contribution in [0.15, 0.2) is 18.2 Å². The fourth-order valence-electron chi connectivity index (χ4n) is 2.42. The van der Waals surface area contributed by atoms with Crippen molar-refractivity contribution >= 4 is 16.6 Å². The van der Waals surface area contributed by atoms with Crippen LogP contribution in [0.4, 0.5) is 10.1 Å². The van der Waals surface area contributed by atoms with Crippen molar-refractivity contribution in [2.45, 2.75) is 20.0 Å². The lowest BCUT2D eigenvalue weighted by Crippen LogP contribution is -2.15. The molecule has 1 aliphatic heterocycles. The first-order chi connectivity index (χ1) is 8.81. The zero-order valence-electron chi connectivity index (χ0n) is 10.3. The lowest BCUT2D eigenvalue weighted by Gasteiger charge is -2.21. The average Bonchev–Trinajstić information content (AvgIpc) is 2.40. The van der Waals surface area contributed by atoms with Crippen molar-refractivity contribution in [3.63, 3.8) is 0 Å². The van der Waals surface area contributed by atoms with E-state index >= 15 is 0 Å². The summed E-state index contributed by atoms with van der Waals surface area (Å²) in [5.74, 6) is -0.263. The van der Waals surface area contributed by atoms with Gasteiger partial charge in [-0.1, -0.05) is 12.1 Å². The van der Waals surface area contributed by atoms with Gasteiger partial charge in [0.05, 0.1) is 24.6 Å². The maximum atomic E-state index is 13.9.